The number of anilines is 1. The molecular weight excluding hydrogens is 428 g/mol. The molecule has 4 rings (SSSR count). The number of aryl methyl sites for hydroxylation is 1. The van der Waals surface area contributed by atoms with Gasteiger partial charge in [0, 0.05) is 39.9 Å². The summed E-state index contributed by atoms with van der Waals surface area (Å²) >= 11 is 0. The summed E-state index contributed by atoms with van der Waals surface area (Å²) in [5, 5.41) is 3.72. The van der Waals surface area contributed by atoms with E-state index in [0.29, 0.717) is 29.2 Å². The number of fused-ring (bicyclic) bond motifs is 1. The molecule has 0 unspecified atom stereocenters. The molecule has 0 atom stereocenters. The predicted octanol–water partition coefficient (Wildman–Crippen LogP) is 5.95. The van der Waals surface area contributed by atoms with E-state index in [0.717, 1.165) is 27.6 Å². The Morgan fingerprint density at radius 1 is 1.09 bits per heavy atom. The SMILES string of the molecule is CCOc1cc2occ(-c3ccc(C)cc3)c2cc1/C(C)=C/C(=O)Nc1cccc(C(N)=O)c1. The van der Waals surface area contributed by atoms with Gasteiger partial charge in [-0.15, -0.1) is 0 Å². The number of amides is 2. The number of primary amides is 1. The summed E-state index contributed by atoms with van der Waals surface area (Å²) in [6.45, 7) is 6.29. The third-order valence-electron chi connectivity index (χ3n) is 5.53. The van der Waals surface area contributed by atoms with E-state index in [1.807, 2.05) is 32.9 Å². The Balaban J connectivity index is 1.70. The Kier molecular flexibility index (Phi) is 6.50. The molecule has 2 amide bonds. The van der Waals surface area contributed by atoms with E-state index in [-0.39, 0.29) is 5.91 Å². The van der Waals surface area contributed by atoms with Gasteiger partial charge in [-0.2, -0.15) is 0 Å². The smallest absolute Gasteiger partial charge is 0.248 e. The maximum Gasteiger partial charge on any atom is 0.248 e. The highest BCUT2D eigenvalue weighted by Gasteiger charge is 2.15. The summed E-state index contributed by atoms with van der Waals surface area (Å²) < 4.78 is 11.7. The number of nitrogens with two attached hydrogens (primary N) is 1. The van der Waals surface area contributed by atoms with Gasteiger partial charge in [-0.05, 0) is 56.2 Å². The third-order valence-corrected chi connectivity index (χ3v) is 5.53. The van der Waals surface area contributed by atoms with Crippen LogP contribution in [-0.4, -0.2) is 18.4 Å². The van der Waals surface area contributed by atoms with Crippen molar-refractivity contribution >= 4 is 34.0 Å². The lowest BCUT2D eigenvalue weighted by Gasteiger charge is -2.12. The van der Waals surface area contributed by atoms with Crippen molar-refractivity contribution in [1.82, 2.24) is 0 Å². The van der Waals surface area contributed by atoms with Crippen LogP contribution in [-0.2, 0) is 4.79 Å². The quantitative estimate of drug-likeness (QED) is 0.338. The Morgan fingerprint density at radius 3 is 2.56 bits per heavy atom. The van der Waals surface area contributed by atoms with Crippen LogP contribution in [0.5, 0.6) is 5.75 Å². The normalized spacial score (nSPS) is 11.4. The van der Waals surface area contributed by atoms with Gasteiger partial charge in [0.2, 0.25) is 11.8 Å². The van der Waals surface area contributed by atoms with E-state index in [2.05, 4.69) is 29.6 Å². The Morgan fingerprint density at radius 2 is 1.85 bits per heavy atom. The van der Waals surface area contributed by atoms with Crippen LogP contribution < -0.4 is 15.8 Å². The van der Waals surface area contributed by atoms with Crippen LogP contribution >= 0.6 is 0 Å². The Bertz CT molecular complexity index is 1400. The average Bonchev–Trinajstić information content (AvgIpc) is 3.22. The lowest BCUT2D eigenvalue weighted by atomic mass is 9.98. The van der Waals surface area contributed by atoms with Gasteiger partial charge in [-0.1, -0.05) is 35.9 Å². The maximum atomic E-state index is 12.7. The summed E-state index contributed by atoms with van der Waals surface area (Å²) in [6.07, 6.45) is 3.25. The molecule has 3 N–H and O–H groups in total. The number of ether oxygens (including phenoxy) is 1. The highest BCUT2D eigenvalue weighted by molar-refractivity contribution is 6.06. The van der Waals surface area contributed by atoms with E-state index >= 15 is 0 Å². The van der Waals surface area contributed by atoms with Crippen molar-refractivity contribution in [1.29, 1.82) is 0 Å². The van der Waals surface area contributed by atoms with E-state index in [9.17, 15) is 9.59 Å². The summed E-state index contributed by atoms with van der Waals surface area (Å²) in [5.74, 6) is -0.244. The first-order valence-electron chi connectivity index (χ1n) is 11.0. The highest BCUT2D eigenvalue weighted by Crippen LogP contribution is 2.37. The van der Waals surface area contributed by atoms with Crippen molar-refractivity contribution in [3.05, 3.63) is 89.7 Å². The number of carbonyl (C=O) groups is 2. The lowest BCUT2D eigenvalue weighted by Crippen LogP contribution is -2.13. The second-order valence-corrected chi connectivity index (χ2v) is 8.05. The number of hydrogen-bond donors (Lipinski definition) is 2. The number of rotatable bonds is 7. The first-order valence-corrected chi connectivity index (χ1v) is 11.0. The molecule has 1 heterocycles. The van der Waals surface area contributed by atoms with Gasteiger partial charge in [0.1, 0.15) is 11.3 Å². The van der Waals surface area contributed by atoms with Gasteiger partial charge in [-0.25, -0.2) is 0 Å². The molecule has 6 heteroatoms. The Labute approximate surface area is 198 Å². The second kappa shape index (κ2) is 9.67. The second-order valence-electron chi connectivity index (χ2n) is 8.05. The minimum Gasteiger partial charge on any atom is -0.493 e. The van der Waals surface area contributed by atoms with Crippen LogP contribution in [0.4, 0.5) is 5.69 Å². The fraction of sp³-hybridized carbons (Fsp3) is 0.143. The van der Waals surface area contributed by atoms with E-state index < -0.39 is 5.91 Å². The summed E-state index contributed by atoms with van der Waals surface area (Å²) in [5.41, 5.74) is 11.6. The molecule has 3 aromatic carbocycles. The fourth-order valence-electron chi connectivity index (χ4n) is 3.80. The predicted molar refractivity (Wildman–Crippen MR) is 135 cm³/mol. The molecular formula is C28H26N2O4. The summed E-state index contributed by atoms with van der Waals surface area (Å²) in [7, 11) is 0. The third kappa shape index (κ3) is 4.86. The van der Waals surface area contributed by atoms with Crippen molar-refractivity contribution in [3.8, 4) is 16.9 Å². The first kappa shape index (κ1) is 22.9. The highest BCUT2D eigenvalue weighted by atomic mass is 16.5. The van der Waals surface area contributed by atoms with Crippen LogP contribution in [0.25, 0.3) is 27.7 Å². The van der Waals surface area contributed by atoms with Gasteiger partial charge in [0.15, 0.2) is 0 Å². The molecule has 0 bridgehead atoms. The maximum absolute atomic E-state index is 12.7. The van der Waals surface area contributed by atoms with E-state index in [4.69, 9.17) is 14.9 Å². The van der Waals surface area contributed by atoms with E-state index in [1.165, 1.54) is 11.6 Å². The zero-order chi connectivity index (χ0) is 24.2. The minimum atomic E-state index is -0.554. The van der Waals surface area contributed by atoms with Crippen LogP contribution in [0.1, 0.15) is 35.3 Å². The van der Waals surface area contributed by atoms with Crippen molar-refractivity contribution in [2.75, 3.05) is 11.9 Å². The average molecular weight is 455 g/mol. The molecule has 0 aliphatic heterocycles. The largest absolute Gasteiger partial charge is 0.493 e. The molecule has 0 radical (unpaired) electrons. The lowest BCUT2D eigenvalue weighted by molar-refractivity contribution is -0.111. The topological polar surface area (TPSA) is 94.6 Å². The number of hydrogen-bond acceptors (Lipinski definition) is 4. The number of nitrogens with one attached hydrogen (secondary N) is 1. The molecule has 1 aromatic heterocycles. The molecule has 0 fully saturated rings. The molecule has 0 saturated carbocycles. The molecule has 0 aliphatic carbocycles. The zero-order valence-corrected chi connectivity index (χ0v) is 19.3. The van der Waals surface area contributed by atoms with Gasteiger partial charge in [0.05, 0.1) is 12.9 Å². The number of benzene rings is 3. The Hall–Kier alpha value is -4.32. The van der Waals surface area contributed by atoms with Crippen LogP contribution in [0.2, 0.25) is 0 Å². The molecule has 0 aliphatic rings. The van der Waals surface area contributed by atoms with Gasteiger partial charge < -0.3 is 20.2 Å². The van der Waals surface area contributed by atoms with Crippen LogP contribution in [0, 0.1) is 6.92 Å². The molecule has 0 saturated heterocycles. The number of carbonyl (C=O) groups excluding carboxylic acids is 2. The van der Waals surface area contributed by atoms with Crippen molar-refractivity contribution in [2.45, 2.75) is 20.8 Å². The first-order chi connectivity index (χ1) is 16.4. The van der Waals surface area contributed by atoms with E-state index in [1.54, 1.807) is 30.5 Å². The molecule has 0 spiro atoms. The van der Waals surface area contributed by atoms with Gasteiger partial charge >= 0.3 is 0 Å². The molecule has 34 heavy (non-hydrogen) atoms. The van der Waals surface area contributed by atoms with Crippen molar-refractivity contribution in [3.63, 3.8) is 0 Å². The summed E-state index contributed by atoms with van der Waals surface area (Å²) in [6, 6.07) is 18.6. The number of furan rings is 1. The van der Waals surface area contributed by atoms with Crippen molar-refractivity contribution in [2.24, 2.45) is 5.73 Å². The fourth-order valence-corrected chi connectivity index (χ4v) is 3.80. The monoisotopic (exact) mass is 454 g/mol. The minimum absolute atomic E-state index is 0.325. The molecule has 6 nitrogen and oxygen atoms in total. The summed E-state index contributed by atoms with van der Waals surface area (Å²) in [4.78, 5) is 24.1. The van der Waals surface area contributed by atoms with Gasteiger partial charge in [0.25, 0.3) is 0 Å². The van der Waals surface area contributed by atoms with Crippen molar-refractivity contribution < 1.29 is 18.7 Å². The standard InChI is InChI=1S/C28H26N2O4/c1-4-33-25-15-26-23(24(16-34-26)19-10-8-17(2)9-11-19)14-22(25)18(3)12-27(31)30-21-7-5-6-20(13-21)28(29)32/h5-16H,4H2,1-3H3,(H2,29,32)(H,30,31)/b18-12+. The van der Waals surface area contributed by atoms with Crippen LogP contribution in [0.3, 0.4) is 0 Å². The van der Waals surface area contributed by atoms with Gasteiger partial charge in [-0.3, -0.25) is 9.59 Å². The number of allylic oxidation sites excluding steroid dienone is 1. The molecule has 4 aromatic rings. The molecule has 172 valence electrons. The zero-order valence-electron chi connectivity index (χ0n) is 19.3. The van der Waals surface area contributed by atoms with Crippen LogP contribution in [0.15, 0.2) is 77.4 Å².